The van der Waals surface area contributed by atoms with Crippen molar-refractivity contribution in [2.24, 2.45) is 17.6 Å². The molecule has 0 saturated heterocycles. The van der Waals surface area contributed by atoms with Gasteiger partial charge in [-0.1, -0.05) is 27.7 Å². The van der Waals surface area contributed by atoms with Crippen LogP contribution in [0.15, 0.2) is 0 Å². The van der Waals surface area contributed by atoms with Crippen LogP contribution in [0.3, 0.4) is 0 Å². The molecule has 0 aromatic heterocycles. The van der Waals surface area contributed by atoms with Crippen molar-refractivity contribution >= 4 is 35.5 Å². The van der Waals surface area contributed by atoms with E-state index >= 15 is 0 Å². The Morgan fingerprint density at radius 1 is 0.548 bits per heavy atom. The molecule has 5 amide bonds. The molecular formula is C26H48N6O10. The average molecular weight is 605 g/mol. The number of carboxylic acids is 1. The van der Waals surface area contributed by atoms with Crippen molar-refractivity contribution in [3.8, 4) is 0 Å². The highest BCUT2D eigenvalue weighted by Gasteiger charge is 2.35. The van der Waals surface area contributed by atoms with E-state index in [1.807, 2.05) is 19.2 Å². The van der Waals surface area contributed by atoms with E-state index in [1.54, 1.807) is 13.8 Å². The molecule has 0 bridgehead atoms. The van der Waals surface area contributed by atoms with Gasteiger partial charge in [0.15, 0.2) is 6.04 Å². The van der Waals surface area contributed by atoms with E-state index < -0.39 is 96.0 Å². The third-order valence-corrected chi connectivity index (χ3v) is 6.23. The summed E-state index contributed by atoms with van der Waals surface area (Å²) in [7, 11) is 0. The smallest absolute Gasteiger partial charge is 0.328 e. The van der Waals surface area contributed by atoms with Crippen LogP contribution in [0.2, 0.25) is 0 Å². The Labute approximate surface area is 245 Å². The molecule has 16 nitrogen and oxygen atoms in total. The predicted molar refractivity (Wildman–Crippen MR) is 150 cm³/mol. The maximum atomic E-state index is 13.0. The Bertz CT molecular complexity index is 956. The molecule has 0 heterocycles. The van der Waals surface area contributed by atoms with Gasteiger partial charge in [-0.3, -0.25) is 24.0 Å². The molecule has 0 unspecified atom stereocenters. The summed E-state index contributed by atoms with van der Waals surface area (Å²) in [6, 6.07) is -8.22. The summed E-state index contributed by atoms with van der Waals surface area (Å²) in [6.45, 7) is 11.8. The van der Waals surface area contributed by atoms with Crippen LogP contribution in [0, 0.1) is 11.8 Å². The molecule has 242 valence electrons. The van der Waals surface area contributed by atoms with Crippen molar-refractivity contribution in [3.63, 3.8) is 0 Å². The van der Waals surface area contributed by atoms with Crippen LogP contribution >= 0.6 is 0 Å². The molecule has 42 heavy (non-hydrogen) atoms. The Kier molecular flexibility index (Phi) is 16.2. The fraction of sp³-hybridized carbons (Fsp3) is 0.769. The summed E-state index contributed by atoms with van der Waals surface area (Å²) in [5.41, 5.74) is 5.91. The number of carbonyl (C=O) groups is 6. The third-order valence-electron chi connectivity index (χ3n) is 6.23. The van der Waals surface area contributed by atoms with Crippen molar-refractivity contribution < 1.29 is 49.2 Å². The zero-order chi connectivity index (χ0) is 33.1. The van der Waals surface area contributed by atoms with Crippen molar-refractivity contribution in [3.05, 3.63) is 0 Å². The van der Waals surface area contributed by atoms with Gasteiger partial charge < -0.3 is 52.7 Å². The predicted octanol–water partition coefficient (Wildman–Crippen LogP) is -3.31. The molecule has 0 aromatic carbocycles. The van der Waals surface area contributed by atoms with E-state index in [-0.39, 0.29) is 5.92 Å². The van der Waals surface area contributed by atoms with Crippen molar-refractivity contribution in [2.75, 3.05) is 0 Å². The van der Waals surface area contributed by atoms with Crippen LogP contribution in [-0.2, 0) is 28.8 Å². The maximum absolute atomic E-state index is 13.0. The van der Waals surface area contributed by atoms with Crippen LogP contribution in [-0.4, -0.2) is 110 Å². The van der Waals surface area contributed by atoms with Crippen molar-refractivity contribution in [1.82, 2.24) is 26.6 Å². The Morgan fingerprint density at radius 2 is 0.905 bits per heavy atom. The molecule has 11 N–H and O–H groups in total. The number of hydrogen-bond donors (Lipinski definition) is 10. The van der Waals surface area contributed by atoms with Gasteiger partial charge in [0.25, 0.3) is 0 Å². The lowest BCUT2D eigenvalue weighted by molar-refractivity contribution is -0.146. The topological polar surface area (TPSA) is 270 Å². The van der Waals surface area contributed by atoms with Crippen LogP contribution in [0.5, 0.6) is 0 Å². The molecule has 0 rings (SSSR count). The molecule has 0 aliphatic heterocycles. The highest BCUT2D eigenvalue weighted by Crippen LogP contribution is 2.08. The van der Waals surface area contributed by atoms with Crippen LogP contribution in [0.4, 0.5) is 0 Å². The van der Waals surface area contributed by atoms with Gasteiger partial charge in [0.2, 0.25) is 29.5 Å². The molecule has 0 radical (unpaired) electrons. The van der Waals surface area contributed by atoms with Gasteiger partial charge in [0, 0.05) is 0 Å². The van der Waals surface area contributed by atoms with Gasteiger partial charge in [-0.25, -0.2) is 4.79 Å². The van der Waals surface area contributed by atoms with E-state index in [9.17, 15) is 44.1 Å². The molecule has 0 spiro atoms. The fourth-order valence-corrected chi connectivity index (χ4v) is 3.74. The standard InChI is InChI=1S/C26H48N6O10/c1-10(2)9-16(27)22(37)29-17(11(3)4)23(38)31-18(13(6)33)24(39)28-12(5)21(36)30-19(14(7)34)25(40)32-20(15(8)35)26(41)42/h10-20,33-35H,9,27H2,1-8H3,(H,28,39)(H,29,37)(H,30,36)(H,31,38)(H,32,40)(H,41,42)/t12-,13+,14+,15+,16-,17-,18-,19-,20-/m0/s1. The summed E-state index contributed by atoms with van der Waals surface area (Å²) >= 11 is 0. The van der Waals surface area contributed by atoms with Gasteiger partial charge in [0.1, 0.15) is 24.2 Å². The first-order chi connectivity index (χ1) is 19.2. The Hall–Kier alpha value is -3.34. The summed E-state index contributed by atoms with van der Waals surface area (Å²) in [6.07, 6.45) is -4.03. The van der Waals surface area contributed by atoms with Gasteiger partial charge >= 0.3 is 5.97 Å². The van der Waals surface area contributed by atoms with Crippen LogP contribution in [0.1, 0.15) is 61.8 Å². The molecule has 0 aliphatic rings. The lowest BCUT2D eigenvalue weighted by Crippen LogP contribution is -2.62. The maximum Gasteiger partial charge on any atom is 0.328 e. The zero-order valence-corrected chi connectivity index (χ0v) is 25.4. The average Bonchev–Trinajstić information content (AvgIpc) is 2.85. The second-order valence-corrected chi connectivity index (χ2v) is 11.2. The van der Waals surface area contributed by atoms with Gasteiger partial charge in [-0.15, -0.1) is 0 Å². The van der Waals surface area contributed by atoms with Crippen molar-refractivity contribution in [1.29, 1.82) is 0 Å². The number of carboxylic acid groups (broad SMARTS) is 1. The number of aliphatic hydroxyl groups excluding tert-OH is 3. The first kappa shape index (κ1) is 38.7. The Morgan fingerprint density at radius 3 is 1.29 bits per heavy atom. The number of aliphatic hydroxyl groups is 3. The minimum Gasteiger partial charge on any atom is -0.480 e. The number of hydrogen-bond acceptors (Lipinski definition) is 10. The second-order valence-electron chi connectivity index (χ2n) is 11.2. The molecule has 16 heteroatoms. The molecule has 0 aromatic rings. The lowest BCUT2D eigenvalue weighted by atomic mass is 10.00. The third kappa shape index (κ3) is 12.7. The highest BCUT2D eigenvalue weighted by atomic mass is 16.4. The highest BCUT2D eigenvalue weighted by molar-refractivity contribution is 5.96. The molecule has 0 fully saturated rings. The van der Waals surface area contributed by atoms with E-state index in [1.165, 1.54) is 13.8 Å². The monoisotopic (exact) mass is 604 g/mol. The summed E-state index contributed by atoms with van der Waals surface area (Å²) < 4.78 is 0. The summed E-state index contributed by atoms with van der Waals surface area (Å²) in [4.78, 5) is 75.0. The van der Waals surface area contributed by atoms with Crippen LogP contribution in [0.25, 0.3) is 0 Å². The van der Waals surface area contributed by atoms with E-state index in [4.69, 9.17) is 10.8 Å². The normalized spacial score (nSPS) is 17.9. The number of nitrogens with one attached hydrogen (secondary N) is 5. The largest absolute Gasteiger partial charge is 0.480 e. The molecular weight excluding hydrogens is 556 g/mol. The molecule has 0 aliphatic carbocycles. The van der Waals surface area contributed by atoms with E-state index in [0.717, 1.165) is 13.8 Å². The Balaban J connectivity index is 5.52. The number of carbonyl (C=O) groups excluding carboxylic acids is 5. The van der Waals surface area contributed by atoms with E-state index in [0.29, 0.717) is 6.42 Å². The minimum absolute atomic E-state index is 0.135. The van der Waals surface area contributed by atoms with E-state index in [2.05, 4.69) is 21.3 Å². The number of nitrogens with two attached hydrogens (primary N) is 1. The quantitative estimate of drug-likeness (QED) is 0.0785. The first-order valence-corrected chi connectivity index (χ1v) is 13.8. The summed E-state index contributed by atoms with van der Waals surface area (Å²) in [5, 5.41) is 50.4. The van der Waals surface area contributed by atoms with Gasteiger partial charge in [-0.05, 0) is 46.0 Å². The SMILES string of the molecule is CC(C)C[C@H](N)C(=O)N[C@H](C(=O)N[C@H](C(=O)N[C@@H](C)C(=O)N[C@H](C(=O)N[C@H](C(=O)O)[C@@H](C)O)[C@@H](C)O)[C@@H](C)O)C(C)C. The minimum atomic E-state index is -1.71. The number of rotatable bonds is 17. The van der Waals surface area contributed by atoms with Crippen molar-refractivity contribution in [2.45, 2.75) is 116 Å². The van der Waals surface area contributed by atoms with Crippen LogP contribution < -0.4 is 32.3 Å². The summed E-state index contributed by atoms with van der Waals surface area (Å²) in [5.74, 6) is -6.19. The second kappa shape index (κ2) is 17.6. The molecule has 0 saturated carbocycles. The number of amides is 5. The van der Waals surface area contributed by atoms with Gasteiger partial charge in [0.05, 0.1) is 24.4 Å². The zero-order valence-electron chi connectivity index (χ0n) is 25.4. The van der Waals surface area contributed by atoms with Gasteiger partial charge in [-0.2, -0.15) is 0 Å². The fourth-order valence-electron chi connectivity index (χ4n) is 3.74. The first-order valence-electron chi connectivity index (χ1n) is 13.8. The lowest BCUT2D eigenvalue weighted by Gasteiger charge is -2.28. The molecule has 9 atom stereocenters. The number of aliphatic carboxylic acids is 1.